The summed E-state index contributed by atoms with van der Waals surface area (Å²) >= 11 is 7.59. The maximum absolute atomic E-state index is 13.9. The molecule has 1 aromatic heterocycles. The number of hydrogen-bond acceptors (Lipinski definition) is 4. The minimum Gasteiger partial charge on any atom is -0.397 e. The molecule has 7 heteroatoms. The van der Waals surface area contributed by atoms with Crippen molar-refractivity contribution in [1.29, 1.82) is 0 Å². The molecule has 0 saturated carbocycles. The second kappa shape index (κ2) is 8.37. The Bertz CT molecular complexity index is 946. The minimum absolute atomic E-state index is 0.00914. The number of halogens is 2. The fraction of sp³-hybridized carbons (Fsp3) is 0.286. The highest BCUT2D eigenvalue weighted by Crippen LogP contribution is 2.39. The number of para-hydroxylation sites is 1. The van der Waals surface area contributed by atoms with E-state index in [4.69, 9.17) is 17.3 Å². The summed E-state index contributed by atoms with van der Waals surface area (Å²) in [5.74, 6) is -0.519. The van der Waals surface area contributed by atoms with Crippen LogP contribution in [0.2, 0.25) is 5.02 Å². The van der Waals surface area contributed by atoms with Crippen molar-refractivity contribution in [2.75, 3.05) is 24.6 Å². The number of nitrogens with two attached hydrogens (primary N) is 1. The Labute approximate surface area is 173 Å². The predicted octanol–water partition coefficient (Wildman–Crippen LogP) is 5.58. The van der Waals surface area contributed by atoms with Crippen molar-refractivity contribution in [1.82, 2.24) is 4.90 Å². The van der Waals surface area contributed by atoms with E-state index in [0.29, 0.717) is 21.3 Å². The molecule has 2 heterocycles. The van der Waals surface area contributed by atoms with Gasteiger partial charge in [-0.2, -0.15) is 0 Å². The average Bonchev–Trinajstić information content (AvgIpc) is 3.06. The van der Waals surface area contributed by atoms with Gasteiger partial charge in [0.15, 0.2) is 0 Å². The molecule has 0 spiro atoms. The molecule has 0 aliphatic carbocycles. The van der Waals surface area contributed by atoms with E-state index in [-0.39, 0.29) is 17.7 Å². The third kappa shape index (κ3) is 4.08. The molecule has 1 aliphatic heterocycles. The number of allylic oxidation sites excluding steroid dienone is 4. The van der Waals surface area contributed by atoms with E-state index in [1.165, 1.54) is 17.4 Å². The van der Waals surface area contributed by atoms with Crippen LogP contribution in [0.4, 0.5) is 15.8 Å². The van der Waals surface area contributed by atoms with E-state index in [0.717, 1.165) is 29.1 Å². The lowest BCUT2D eigenvalue weighted by molar-refractivity contribution is 0.103. The van der Waals surface area contributed by atoms with Crippen LogP contribution in [-0.4, -0.2) is 24.4 Å². The maximum Gasteiger partial charge on any atom is 0.265 e. The first kappa shape index (κ1) is 20.4. The van der Waals surface area contributed by atoms with E-state index in [9.17, 15) is 9.18 Å². The molecule has 0 bridgehead atoms. The molecule has 1 atom stereocenters. The van der Waals surface area contributed by atoms with Crippen molar-refractivity contribution in [2.45, 2.75) is 26.2 Å². The Kier molecular flexibility index (Phi) is 6.10. The zero-order valence-electron chi connectivity index (χ0n) is 16.1. The molecule has 3 rings (SSSR count). The van der Waals surface area contributed by atoms with E-state index in [1.807, 2.05) is 20.0 Å². The van der Waals surface area contributed by atoms with E-state index >= 15 is 0 Å². The lowest BCUT2D eigenvalue weighted by Gasteiger charge is -2.24. The monoisotopic (exact) mass is 419 g/mol. The number of carbonyl (C=O) groups excluding carboxylic acids is 1. The van der Waals surface area contributed by atoms with Crippen LogP contribution in [0.5, 0.6) is 0 Å². The molecule has 1 aliphatic rings. The Morgan fingerprint density at radius 3 is 2.89 bits per heavy atom. The van der Waals surface area contributed by atoms with Crippen LogP contribution in [-0.2, 0) is 6.42 Å². The first-order chi connectivity index (χ1) is 13.3. The SMILES string of the molecule is C/C=C(F)\C=C1/C(C)c2sc(C(=O)Nc3c(N)cccc3Cl)cc2CCN1C. The summed E-state index contributed by atoms with van der Waals surface area (Å²) in [5.41, 5.74) is 8.78. The molecule has 1 aromatic carbocycles. The zero-order chi connectivity index (χ0) is 20.4. The summed E-state index contributed by atoms with van der Waals surface area (Å²) in [6.45, 7) is 4.47. The number of thiophene rings is 1. The van der Waals surface area contributed by atoms with Gasteiger partial charge in [0.05, 0.1) is 21.3 Å². The van der Waals surface area contributed by atoms with Gasteiger partial charge >= 0.3 is 0 Å². The summed E-state index contributed by atoms with van der Waals surface area (Å²) in [7, 11) is 1.97. The number of nitrogens with zero attached hydrogens (tertiary/aromatic N) is 1. The van der Waals surface area contributed by atoms with Gasteiger partial charge in [0.2, 0.25) is 0 Å². The molecule has 3 N–H and O–H groups in total. The quantitative estimate of drug-likeness (QED) is 0.638. The van der Waals surface area contributed by atoms with E-state index in [1.54, 1.807) is 31.2 Å². The smallest absolute Gasteiger partial charge is 0.265 e. The largest absolute Gasteiger partial charge is 0.397 e. The minimum atomic E-state index is -0.263. The van der Waals surface area contributed by atoms with E-state index < -0.39 is 0 Å². The van der Waals surface area contributed by atoms with Gasteiger partial charge in [0.1, 0.15) is 5.83 Å². The van der Waals surface area contributed by atoms with Crippen LogP contribution < -0.4 is 11.1 Å². The van der Waals surface area contributed by atoms with Crippen LogP contribution in [0.3, 0.4) is 0 Å². The third-order valence-electron chi connectivity index (χ3n) is 4.91. The number of nitrogens with one attached hydrogen (secondary N) is 1. The number of hydrogen-bond donors (Lipinski definition) is 2. The highest BCUT2D eigenvalue weighted by molar-refractivity contribution is 7.14. The Morgan fingerprint density at radius 2 is 2.21 bits per heavy atom. The normalized spacial score (nSPS) is 18.8. The van der Waals surface area contributed by atoms with Crippen molar-refractivity contribution in [3.05, 3.63) is 68.3 Å². The molecular formula is C21H23ClFN3OS. The van der Waals surface area contributed by atoms with Crippen molar-refractivity contribution in [3.8, 4) is 0 Å². The fourth-order valence-electron chi connectivity index (χ4n) is 3.31. The van der Waals surface area contributed by atoms with Crippen molar-refractivity contribution in [3.63, 3.8) is 0 Å². The highest BCUT2D eigenvalue weighted by Gasteiger charge is 2.27. The number of fused-ring (bicyclic) bond motifs is 1. The average molecular weight is 420 g/mol. The number of likely N-dealkylation sites (N-methyl/N-ethyl adjacent to an activating group) is 1. The Morgan fingerprint density at radius 1 is 1.46 bits per heavy atom. The summed E-state index contributed by atoms with van der Waals surface area (Å²) < 4.78 is 13.9. The number of anilines is 2. The Balaban J connectivity index is 1.92. The molecule has 28 heavy (non-hydrogen) atoms. The first-order valence-corrected chi connectivity index (χ1v) is 10.2. The molecule has 0 fully saturated rings. The van der Waals surface area contributed by atoms with Crippen LogP contribution in [0.25, 0.3) is 0 Å². The predicted molar refractivity (Wildman–Crippen MR) is 116 cm³/mol. The number of nitrogen functional groups attached to an aromatic ring is 1. The first-order valence-electron chi connectivity index (χ1n) is 9.04. The number of benzene rings is 1. The maximum atomic E-state index is 13.9. The van der Waals surface area contributed by atoms with Gasteiger partial charge in [0.25, 0.3) is 5.91 Å². The van der Waals surface area contributed by atoms with Gasteiger partial charge in [-0.25, -0.2) is 4.39 Å². The molecule has 4 nitrogen and oxygen atoms in total. The second-order valence-corrected chi connectivity index (χ2v) is 8.29. The summed E-state index contributed by atoms with van der Waals surface area (Å²) in [6, 6.07) is 7.02. The molecule has 0 saturated heterocycles. The van der Waals surface area contributed by atoms with Gasteiger partial charge in [-0.15, -0.1) is 11.3 Å². The molecular weight excluding hydrogens is 397 g/mol. The lowest BCUT2D eigenvalue weighted by Crippen LogP contribution is -2.21. The fourth-order valence-corrected chi connectivity index (χ4v) is 4.71. The molecule has 0 radical (unpaired) electrons. The summed E-state index contributed by atoms with van der Waals surface area (Å²) in [4.78, 5) is 16.5. The zero-order valence-corrected chi connectivity index (χ0v) is 17.6. The summed E-state index contributed by atoms with van der Waals surface area (Å²) in [5, 5.41) is 3.21. The van der Waals surface area contributed by atoms with Crippen LogP contribution in [0, 0.1) is 0 Å². The van der Waals surface area contributed by atoms with E-state index in [2.05, 4.69) is 10.2 Å². The molecule has 1 amide bonds. The van der Waals surface area contributed by atoms with Gasteiger partial charge in [0, 0.05) is 30.1 Å². The van der Waals surface area contributed by atoms with Crippen molar-refractivity contribution in [2.24, 2.45) is 0 Å². The molecule has 2 aromatic rings. The molecule has 1 unspecified atom stereocenters. The van der Waals surface area contributed by atoms with Gasteiger partial charge in [-0.1, -0.05) is 30.7 Å². The van der Waals surface area contributed by atoms with Crippen LogP contribution in [0.15, 0.2) is 47.9 Å². The van der Waals surface area contributed by atoms with Gasteiger partial charge in [-0.05, 0) is 43.2 Å². The van der Waals surface area contributed by atoms with Gasteiger partial charge in [-0.3, -0.25) is 4.79 Å². The summed E-state index contributed by atoms with van der Waals surface area (Å²) in [6.07, 6.45) is 3.81. The number of carbonyl (C=O) groups is 1. The van der Waals surface area contributed by atoms with Crippen molar-refractivity contribution >= 4 is 40.2 Å². The lowest BCUT2D eigenvalue weighted by atomic mass is 10.0. The van der Waals surface area contributed by atoms with Gasteiger partial charge < -0.3 is 16.0 Å². The number of amides is 1. The van der Waals surface area contributed by atoms with Crippen molar-refractivity contribution < 1.29 is 9.18 Å². The highest BCUT2D eigenvalue weighted by atomic mass is 35.5. The van der Waals surface area contributed by atoms with Crippen LogP contribution in [0.1, 0.15) is 39.9 Å². The third-order valence-corrected chi connectivity index (χ3v) is 6.58. The second-order valence-electron chi connectivity index (χ2n) is 6.79. The molecule has 148 valence electrons. The number of rotatable bonds is 3. The standard InChI is InChI=1S/C21H23ClFN3OS/c1-4-14(23)11-17-12(2)20-13(8-9-26(17)3)10-18(28-20)21(27)25-19-15(22)6-5-7-16(19)24/h4-7,10-12H,8-9,24H2,1-3H3,(H,25,27)/b14-4+,17-11+. The topological polar surface area (TPSA) is 58.4 Å². The van der Waals surface area contributed by atoms with Crippen LogP contribution >= 0.6 is 22.9 Å². The Hall–Kier alpha value is -2.31.